The van der Waals surface area contributed by atoms with E-state index in [0.29, 0.717) is 16.1 Å². The maximum atomic E-state index is 12.4. The van der Waals surface area contributed by atoms with Crippen molar-refractivity contribution in [1.29, 1.82) is 0 Å². The average molecular weight is 397 g/mol. The van der Waals surface area contributed by atoms with Gasteiger partial charge in [-0.1, -0.05) is 18.2 Å². The fourth-order valence-corrected chi connectivity index (χ4v) is 4.94. The third kappa shape index (κ3) is 3.16. The molecule has 28 heavy (non-hydrogen) atoms. The summed E-state index contributed by atoms with van der Waals surface area (Å²) in [5.74, 6) is -1.63. The summed E-state index contributed by atoms with van der Waals surface area (Å²) >= 11 is 1.36. The molecule has 144 valence electrons. The van der Waals surface area contributed by atoms with Gasteiger partial charge in [0.2, 0.25) is 0 Å². The highest BCUT2D eigenvalue weighted by molar-refractivity contribution is 7.17. The number of amides is 2. The first-order valence-corrected chi connectivity index (χ1v) is 9.72. The van der Waals surface area contributed by atoms with E-state index in [1.54, 1.807) is 6.20 Å². The molecule has 0 unspecified atom stereocenters. The third-order valence-corrected chi connectivity index (χ3v) is 6.08. The first-order valence-electron chi connectivity index (χ1n) is 8.91. The lowest BCUT2D eigenvalue weighted by Gasteiger charge is -2.07. The van der Waals surface area contributed by atoms with Crippen LogP contribution in [0.1, 0.15) is 37.6 Å². The van der Waals surface area contributed by atoms with Gasteiger partial charge in [0.05, 0.1) is 11.1 Å². The third-order valence-electron chi connectivity index (χ3n) is 4.87. The first kappa shape index (κ1) is 18.2. The second kappa shape index (κ2) is 7.12. The van der Waals surface area contributed by atoms with Gasteiger partial charge in [-0.05, 0) is 30.9 Å². The Morgan fingerprint density at radius 1 is 1.25 bits per heavy atom. The van der Waals surface area contributed by atoms with Crippen LogP contribution in [0, 0.1) is 0 Å². The number of nitrogens with one attached hydrogen (secondary N) is 1. The summed E-state index contributed by atoms with van der Waals surface area (Å²) in [6.45, 7) is -0.442. The lowest BCUT2D eigenvalue weighted by atomic mass is 10.1. The van der Waals surface area contributed by atoms with Crippen LogP contribution in [0.4, 0.5) is 5.00 Å². The van der Waals surface area contributed by atoms with Gasteiger partial charge in [0, 0.05) is 29.0 Å². The molecule has 0 aliphatic heterocycles. The summed E-state index contributed by atoms with van der Waals surface area (Å²) < 4.78 is 7.02. The van der Waals surface area contributed by atoms with Crippen molar-refractivity contribution in [3.8, 4) is 0 Å². The van der Waals surface area contributed by atoms with E-state index in [1.165, 1.54) is 11.3 Å². The van der Waals surface area contributed by atoms with Crippen LogP contribution in [0.2, 0.25) is 0 Å². The van der Waals surface area contributed by atoms with Crippen LogP contribution in [0.5, 0.6) is 0 Å². The van der Waals surface area contributed by atoms with E-state index < -0.39 is 24.4 Å². The number of para-hydroxylation sites is 1. The van der Waals surface area contributed by atoms with Crippen molar-refractivity contribution in [2.24, 2.45) is 12.8 Å². The smallest absolute Gasteiger partial charge is 0.340 e. The van der Waals surface area contributed by atoms with Crippen LogP contribution >= 0.6 is 11.3 Å². The Morgan fingerprint density at radius 3 is 2.82 bits per heavy atom. The van der Waals surface area contributed by atoms with E-state index in [0.717, 1.165) is 40.6 Å². The zero-order chi connectivity index (χ0) is 19.8. The van der Waals surface area contributed by atoms with Gasteiger partial charge < -0.3 is 20.4 Å². The van der Waals surface area contributed by atoms with E-state index in [9.17, 15) is 14.4 Å². The maximum absolute atomic E-state index is 12.4. The summed E-state index contributed by atoms with van der Waals surface area (Å²) in [6, 6.07) is 7.46. The van der Waals surface area contributed by atoms with Gasteiger partial charge in [0.1, 0.15) is 5.00 Å². The number of anilines is 1. The fourth-order valence-electron chi connectivity index (χ4n) is 3.63. The van der Waals surface area contributed by atoms with E-state index >= 15 is 0 Å². The Kier molecular flexibility index (Phi) is 4.64. The molecule has 2 amide bonds. The molecule has 4 rings (SSSR count). The highest BCUT2D eigenvalue weighted by Gasteiger charge is 2.26. The number of nitrogens with two attached hydrogens (primary N) is 1. The number of carbonyl (C=O) groups excluding carboxylic acids is 3. The van der Waals surface area contributed by atoms with Crippen LogP contribution in [0.3, 0.4) is 0 Å². The molecular weight excluding hydrogens is 378 g/mol. The number of nitrogens with zero attached hydrogens (tertiary/aromatic N) is 1. The van der Waals surface area contributed by atoms with E-state index in [2.05, 4.69) is 5.32 Å². The molecule has 3 N–H and O–H groups in total. The molecule has 8 heteroatoms. The Labute approximate surface area is 165 Å². The zero-order valence-corrected chi connectivity index (χ0v) is 16.1. The second-order valence-electron chi connectivity index (χ2n) is 6.72. The predicted molar refractivity (Wildman–Crippen MR) is 107 cm³/mol. The van der Waals surface area contributed by atoms with Crippen molar-refractivity contribution in [1.82, 2.24) is 4.57 Å². The lowest BCUT2D eigenvalue weighted by molar-refractivity contribution is -0.119. The Bertz CT molecular complexity index is 1110. The number of fused-ring (bicyclic) bond motifs is 2. The number of hydrogen-bond donors (Lipinski definition) is 2. The van der Waals surface area contributed by atoms with Gasteiger partial charge in [-0.25, -0.2) is 4.79 Å². The van der Waals surface area contributed by atoms with Gasteiger partial charge in [-0.3, -0.25) is 9.59 Å². The molecular formula is C20H19N3O4S. The highest BCUT2D eigenvalue weighted by atomic mass is 32.1. The minimum absolute atomic E-state index is 0.381. The van der Waals surface area contributed by atoms with Crippen molar-refractivity contribution in [2.75, 3.05) is 11.9 Å². The van der Waals surface area contributed by atoms with Crippen LogP contribution in [-0.2, 0) is 29.4 Å². The van der Waals surface area contributed by atoms with E-state index in [-0.39, 0.29) is 0 Å². The number of hydrogen-bond acceptors (Lipinski definition) is 5. The number of benzene rings is 1. The van der Waals surface area contributed by atoms with Gasteiger partial charge >= 0.3 is 5.97 Å². The minimum Gasteiger partial charge on any atom is -0.452 e. The monoisotopic (exact) mass is 397 g/mol. The summed E-state index contributed by atoms with van der Waals surface area (Å²) in [7, 11) is 1.84. The number of aromatic nitrogens is 1. The van der Waals surface area contributed by atoms with Gasteiger partial charge in [0.15, 0.2) is 6.61 Å². The first-order chi connectivity index (χ1) is 13.5. The molecule has 2 aromatic heterocycles. The Balaban J connectivity index is 1.45. The van der Waals surface area contributed by atoms with Crippen LogP contribution in [0.25, 0.3) is 10.9 Å². The zero-order valence-electron chi connectivity index (χ0n) is 15.3. The largest absolute Gasteiger partial charge is 0.452 e. The van der Waals surface area contributed by atoms with Crippen LogP contribution in [0.15, 0.2) is 30.5 Å². The number of aryl methyl sites for hydroxylation is 2. The molecule has 1 aromatic carbocycles. The Hall–Kier alpha value is -3.13. The highest BCUT2D eigenvalue weighted by Crippen LogP contribution is 2.38. The molecule has 0 bridgehead atoms. The topological polar surface area (TPSA) is 103 Å². The van der Waals surface area contributed by atoms with Crippen molar-refractivity contribution in [3.63, 3.8) is 0 Å². The number of esters is 1. The fraction of sp³-hybridized carbons (Fsp3) is 0.250. The molecule has 2 heterocycles. The number of carbonyl (C=O) groups is 3. The normalized spacial score (nSPS) is 12.8. The van der Waals surface area contributed by atoms with Crippen LogP contribution < -0.4 is 11.1 Å². The van der Waals surface area contributed by atoms with E-state index in [1.807, 2.05) is 35.9 Å². The molecule has 0 fully saturated rings. The van der Waals surface area contributed by atoms with Crippen LogP contribution in [-0.4, -0.2) is 29.0 Å². The van der Waals surface area contributed by atoms with Gasteiger partial charge in [-0.15, -0.1) is 11.3 Å². The summed E-state index contributed by atoms with van der Waals surface area (Å²) in [6.07, 6.45) is 4.33. The minimum atomic E-state index is -0.573. The molecule has 1 aliphatic rings. The number of ether oxygens (including phenoxy) is 1. The molecule has 0 spiro atoms. The number of rotatable bonds is 5. The molecule has 0 saturated carbocycles. The van der Waals surface area contributed by atoms with Crippen molar-refractivity contribution < 1.29 is 19.1 Å². The average Bonchev–Trinajstić information content (AvgIpc) is 3.33. The molecule has 0 atom stereocenters. The summed E-state index contributed by atoms with van der Waals surface area (Å²) in [4.78, 5) is 37.6. The molecule has 1 aliphatic carbocycles. The van der Waals surface area contributed by atoms with Crippen molar-refractivity contribution in [2.45, 2.75) is 19.3 Å². The molecule has 7 nitrogen and oxygen atoms in total. The number of thiophene rings is 1. The maximum Gasteiger partial charge on any atom is 0.340 e. The molecule has 0 radical (unpaired) electrons. The molecule has 0 saturated heterocycles. The predicted octanol–water partition coefficient (Wildman–Crippen LogP) is 2.62. The SMILES string of the molecule is Cn1cc(C(=O)OCC(=O)Nc2sc3c(c2C(N)=O)CCC3)c2ccccc21. The quantitative estimate of drug-likeness (QED) is 0.646. The van der Waals surface area contributed by atoms with Crippen molar-refractivity contribution in [3.05, 3.63) is 52.0 Å². The second-order valence-corrected chi connectivity index (χ2v) is 7.83. The summed E-state index contributed by atoms with van der Waals surface area (Å²) in [5, 5.41) is 3.87. The van der Waals surface area contributed by atoms with Gasteiger partial charge in [0.25, 0.3) is 11.8 Å². The lowest BCUT2D eigenvalue weighted by Crippen LogP contribution is -2.22. The van der Waals surface area contributed by atoms with Crippen molar-refractivity contribution >= 4 is 45.0 Å². The molecule has 3 aromatic rings. The standard InChI is InChI=1S/C20H19N3O4S/c1-23-9-13(11-5-2-3-7-14(11)23)20(26)27-10-16(24)22-19-17(18(21)25)12-6-4-8-15(12)28-19/h2-3,5,7,9H,4,6,8,10H2,1H3,(H2,21,25)(H,22,24). The number of primary amides is 1. The van der Waals surface area contributed by atoms with E-state index in [4.69, 9.17) is 10.5 Å². The summed E-state index contributed by atoms with van der Waals surface area (Å²) in [5.41, 5.74) is 8.10. The Morgan fingerprint density at radius 2 is 2.04 bits per heavy atom. The van der Waals surface area contributed by atoms with Gasteiger partial charge in [-0.2, -0.15) is 0 Å².